The predicted octanol–water partition coefficient (Wildman–Crippen LogP) is 4.58. The molecule has 0 unspecified atom stereocenters. The molecule has 7 heteroatoms. The van der Waals surface area contributed by atoms with Gasteiger partial charge in [-0.1, -0.05) is 0 Å². The van der Waals surface area contributed by atoms with E-state index in [1.165, 1.54) is 6.33 Å². The molecule has 0 fully saturated rings. The number of hydrogen-bond donors (Lipinski definition) is 1. The van der Waals surface area contributed by atoms with Gasteiger partial charge in [0.15, 0.2) is 11.5 Å². The summed E-state index contributed by atoms with van der Waals surface area (Å²) in [6.07, 6.45) is 4.89. The van der Waals surface area contributed by atoms with Crippen molar-refractivity contribution in [3.63, 3.8) is 0 Å². The van der Waals surface area contributed by atoms with Crippen molar-refractivity contribution in [2.24, 2.45) is 0 Å². The fraction of sp³-hybridized carbons (Fsp3) is 0.0952. The van der Waals surface area contributed by atoms with Crippen molar-refractivity contribution in [2.75, 3.05) is 19.5 Å². The highest BCUT2D eigenvalue weighted by Gasteiger charge is 2.11. The first kappa shape index (κ1) is 17.5. The number of methoxy groups -OCH3 is 2. The van der Waals surface area contributed by atoms with Crippen molar-refractivity contribution < 1.29 is 14.2 Å². The summed E-state index contributed by atoms with van der Waals surface area (Å²) in [5, 5.41) is 4.14. The Morgan fingerprint density at radius 2 is 1.46 bits per heavy atom. The highest BCUT2D eigenvalue weighted by Crippen LogP contribution is 2.34. The minimum absolute atomic E-state index is 0.619. The number of nitrogens with zero attached hydrogens (tertiary/aromatic N) is 3. The van der Waals surface area contributed by atoms with Crippen molar-refractivity contribution in [3.8, 4) is 23.0 Å². The van der Waals surface area contributed by atoms with Gasteiger partial charge in [0.2, 0.25) is 0 Å². The van der Waals surface area contributed by atoms with E-state index < -0.39 is 0 Å². The van der Waals surface area contributed by atoms with E-state index in [2.05, 4.69) is 20.3 Å². The topological polar surface area (TPSA) is 78.4 Å². The molecule has 0 radical (unpaired) electrons. The first-order chi connectivity index (χ1) is 13.8. The lowest BCUT2D eigenvalue weighted by molar-refractivity contribution is 0.356. The first-order valence-electron chi connectivity index (χ1n) is 8.58. The van der Waals surface area contributed by atoms with Crippen molar-refractivity contribution in [2.45, 2.75) is 0 Å². The van der Waals surface area contributed by atoms with Crippen LogP contribution in [0.4, 0.5) is 11.5 Å². The second-order valence-electron chi connectivity index (χ2n) is 5.88. The zero-order chi connectivity index (χ0) is 19.3. The van der Waals surface area contributed by atoms with Crippen LogP contribution in [0, 0.1) is 0 Å². The maximum atomic E-state index is 5.79. The van der Waals surface area contributed by atoms with Crippen molar-refractivity contribution in [1.82, 2.24) is 15.0 Å². The Hall–Kier alpha value is -3.87. The van der Waals surface area contributed by atoms with Crippen LogP contribution in [-0.2, 0) is 0 Å². The Kier molecular flexibility index (Phi) is 4.88. The molecule has 0 aliphatic carbocycles. The molecule has 7 nitrogen and oxygen atoms in total. The smallest absolute Gasteiger partial charge is 0.162 e. The van der Waals surface area contributed by atoms with Crippen LogP contribution in [0.2, 0.25) is 0 Å². The zero-order valence-electron chi connectivity index (χ0n) is 15.4. The molecule has 28 heavy (non-hydrogen) atoms. The molecule has 0 saturated carbocycles. The Morgan fingerprint density at radius 1 is 0.786 bits per heavy atom. The van der Waals surface area contributed by atoms with Crippen LogP contribution in [-0.4, -0.2) is 29.2 Å². The van der Waals surface area contributed by atoms with Crippen LogP contribution < -0.4 is 19.5 Å². The molecule has 0 aliphatic heterocycles. The van der Waals surface area contributed by atoms with Gasteiger partial charge in [-0.3, -0.25) is 4.98 Å². The molecule has 140 valence electrons. The number of ether oxygens (including phenoxy) is 3. The Bertz CT molecular complexity index is 1090. The minimum Gasteiger partial charge on any atom is -0.493 e. The summed E-state index contributed by atoms with van der Waals surface area (Å²) in [4.78, 5) is 12.7. The van der Waals surface area contributed by atoms with Crippen LogP contribution in [0.5, 0.6) is 23.0 Å². The van der Waals surface area contributed by atoms with E-state index in [9.17, 15) is 0 Å². The summed E-state index contributed by atoms with van der Waals surface area (Å²) in [7, 11) is 3.20. The van der Waals surface area contributed by atoms with E-state index in [4.69, 9.17) is 14.2 Å². The van der Waals surface area contributed by atoms with Crippen LogP contribution in [0.3, 0.4) is 0 Å². The summed E-state index contributed by atoms with van der Waals surface area (Å²) in [5.41, 5.74) is 1.63. The average Bonchev–Trinajstić information content (AvgIpc) is 2.75. The quantitative estimate of drug-likeness (QED) is 0.529. The minimum atomic E-state index is 0.619. The van der Waals surface area contributed by atoms with Crippen molar-refractivity contribution in [1.29, 1.82) is 0 Å². The molecule has 0 aliphatic rings. The van der Waals surface area contributed by atoms with E-state index in [0.29, 0.717) is 17.3 Å². The Labute approximate surface area is 162 Å². The zero-order valence-corrected chi connectivity index (χ0v) is 15.4. The van der Waals surface area contributed by atoms with Gasteiger partial charge in [0.05, 0.1) is 19.7 Å². The van der Waals surface area contributed by atoms with Gasteiger partial charge in [-0.25, -0.2) is 9.97 Å². The summed E-state index contributed by atoms with van der Waals surface area (Å²) in [6, 6.07) is 14.9. The van der Waals surface area contributed by atoms with E-state index in [-0.39, 0.29) is 0 Å². The van der Waals surface area contributed by atoms with E-state index in [0.717, 1.165) is 28.1 Å². The van der Waals surface area contributed by atoms with Crippen LogP contribution in [0.1, 0.15) is 0 Å². The second-order valence-corrected chi connectivity index (χ2v) is 5.88. The SMILES string of the molecule is COc1cc2ncnc(Nc3ccc(Oc4ccncc4)cc3)c2cc1OC. The molecule has 2 heterocycles. The first-order valence-corrected chi connectivity index (χ1v) is 8.58. The van der Waals surface area contributed by atoms with Crippen LogP contribution in [0.15, 0.2) is 67.3 Å². The van der Waals surface area contributed by atoms with Gasteiger partial charge in [-0.15, -0.1) is 0 Å². The third-order valence-corrected chi connectivity index (χ3v) is 4.14. The third kappa shape index (κ3) is 3.64. The third-order valence-electron chi connectivity index (χ3n) is 4.14. The molecular weight excluding hydrogens is 356 g/mol. The van der Waals surface area contributed by atoms with Gasteiger partial charge >= 0.3 is 0 Å². The van der Waals surface area contributed by atoms with Gasteiger partial charge < -0.3 is 19.5 Å². The summed E-state index contributed by atoms with van der Waals surface area (Å²) >= 11 is 0. The van der Waals surface area contributed by atoms with E-state index >= 15 is 0 Å². The second kappa shape index (κ2) is 7.79. The van der Waals surface area contributed by atoms with Gasteiger partial charge in [-0.2, -0.15) is 0 Å². The number of hydrogen-bond acceptors (Lipinski definition) is 7. The average molecular weight is 374 g/mol. The highest BCUT2D eigenvalue weighted by atomic mass is 16.5. The molecule has 0 amide bonds. The summed E-state index contributed by atoms with van der Waals surface area (Å²) in [6.45, 7) is 0. The maximum absolute atomic E-state index is 5.79. The molecule has 4 aromatic rings. The summed E-state index contributed by atoms with van der Waals surface area (Å²) in [5.74, 6) is 3.38. The fourth-order valence-corrected chi connectivity index (χ4v) is 2.77. The predicted molar refractivity (Wildman–Crippen MR) is 107 cm³/mol. The van der Waals surface area contributed by atoms with Crippen LogP contribution >= 0.6 is 0 Å². The molecule has 4 rings (SSSR count). The standard InChI is InChI=1S/C21H18N4O3/c1-26-19-11-17-18(12-20(19)27-2)23-13-24-21(17)25-14-3-5-15(6-4-14)28-16-7-9-22-10-8-16/h3-13H,1-2H3,(H,23,24,25). The lowest BCUT2D eigenvalue weighted by atomic mass is 10.2. The summed E-state index contributed by atoms with van der Waals surface area (Å²) < 4.78 is 16.5. The number of rotatable bonds is 6. The van der Waals surface area contributed by atoms with E-state index in [1.54, 1.807) is 38.7 Å². The Morgan fingerprint density at radius 3 is 2.18 bits per heavy atom. The normalized spacial score (nSPS) is 10.5. The van der Waals surface area contributed by atoms with Gasteiger partial charge in [0, 0.05) is 29.5 Å². The van der Waals surface area contributed by atoms with Gasteiger partial charge in [0.25, 0.3) is 0 Å². The number of nitrogens with one attached hydrogen (secondary N) is 1. The molecular formula is C21H18N4O3. The number of fused-ring (bicyclic) bond motifs is 1. The fourth-order valence-electron chi connectivity index (χ4n) is 2.77. The van der Waals surface area contributed by atoms with Gasteiger partial charge in [0.1, 0.15) is 23.6 Å². The van der Waals surface area contributed by atoms with Gasteiger partial charge in [-0.05, 0) is 42.5 Å². The molecule has 2 aromatic heterocycles. The van der Waals surface area contributed by atoms with Crippen LogP contribution in [0.25, 0.3) is 10.9 Å². The lowest BCUT2D eigenvalue weighted by Gasteiger charge is -2.12. The largest absolute Gasteiger partial charge is 0.493 e. The number of pyridine rings is 1. The monoisotopic (exact) mass is 374 g/mol. The van der Waals surface area contributed by atoms with Crippen molar-refractivity contribution in [3.05, 3.63) is 67.3 Å². The molecule has 1 N–H and O–H groups in total. The number of benzene rings is 2. The highest BCUT2D eigenvalue weighted by molar-refractivity contribution is 5.93. The molecule has 0 atom stereocenters. The molecule has 2 aromatic carbocycles. The maximum Gasteiger partial charge on any atom is 0.162 e. The lowest BCUT2D eigenvalue weighted by Crippen LogP contribution is -1.98. The molecule has 0 saturated heterocycles. The number of aromatic nitrogens is 3. The van der Waals surface area contributed by atoms with E-state index in [1.807, 2.05) is 36.4 Å². The number of anilines is 2. The Balaban J connectivity index is 1.59. The molecule has 0 bridgehead atoms. The molecule has 0 spiro atoms. The van der Waals surface area contributed by atoms with Crippen molar-refractivity contribution >= 4 is 22.4 Å².